The van der Waals surface area contributed by atoms with E-state index in [9.17, 15) is 4.79 Å². The maximum absolute atomic E-state index is 10.9. The molecular weight excluding hydrogens is 356 g/mol. The third-order valence-corrected chi connectivity index (χ3v) is 5.03. The second kappa shape index (κ2) is 9.46. The van der Waals surface area contributed by atoms with Crippen LogP contribution in [-0.4, -0.2) is 44.7 Å². The van der Waals surface area contributed by atoms with E-state index < -0.39 is 5.91 Å². The molecule has 0 bridgehead atoms. The van der Waals surface area contributed by atoms with E-state index in [0.717, 1.165) is 37.6 Å². The molecule has 0 spiro atoms. The van der Waals surface area contributed by atoms with Crippen LogP contribution in [0.2, 0.25) is 0 Å². The Bertz CT molecular complexity index is 809. The number of carbonyl (C=O) groups excluding carboxylic acids is 1. The number of nitrogens with two attached hydrogens (primary N) is 1. The van der Waals surface area contributed by atoms with Crippen molar-refractivity contribution in [2.45, 2.75) is 19.4 Å². The number of primary amides is 1. The monoisotopic (exact) mass is 384 g/mol. The minimum atomic E-state index is -0.469. The van der Waals surface area contributed by atoms with Gasteiger partial charge in [0.05, 0.1) is 14.2 Å². The fourth-order valence-corrected chi connectivity index (χ4v) is 3.71. The summed E-state index contributed by atoms with van der Waals surface area (Å²) in [6, 6.07) is 14.0. The molecule has 0 saturated carbocycles. The minimum Gasteiger partial charge on any atom is -0.493 e. The molecular formula is C22H28N2O4. The first-order valence-electron chi connectivity index (χ1n) is 9.50. The predicted molar refractivity (Wildman–Crippen MR) is 108 cm³/mol. The van der Waals surface area contributed by atoms with Crippen LogP contribution in [0.1, 0.15) is 17.5 Å². The average Bonchev–Trinajstić information content (AvgIpc) is 3.13. The van der Waals surface area contributed by atoms with Crippen LogP contribution in [0, 0.1) is 5.92 Å². The van der Waals surface area contributed by atoms with Gasteiger partial charge in [0.25, 0.3) is 5.91 Å². The van der Waals surface area contributed by atoms with E-state index in [4.69, 9.17) is 19.9 Å². The van der Waals surface area contributed by atoms with E-state index in [1.807, 2.05) is 24.3 Å². The second-order valence-corrected chi connectivity index (χ2v) is 7.19. The van der Waals surface area contributed by atoms with E-state index in [2.05, 4.69) is 23.1 Å². The summed E-state index contributed by atoms with van der Waals surface area (Å²) >= 11 is 0. The Hall–Kier alpha value is -2.73. The number of rotatable bonds is 9. The lowest BCUT2D eigenvalue weighted by atomic mass is 9.98. The quantitative estimate of drug-likeness (QED) is 0.719. The van der Waals surface area contributed by atoms with Crippen molar-refractivity contribution in [3.63, 3.8) is 0 Å². The number of ether oxygens (including phenoxy) is 3. The van der Waals surface area contributed by atoms with Crippen molar-refractivity contribution in [1.82, 2.24) is 4.90 Å². The molecule has 1 fully saturated rings. The molecule has 1 saturated heterocycles. The Labute approximate surface area is 166 Å². The van der Waals surface area contributed by atoms with Crippen molar-refractivity contribution >= 4 is 5.91 Å². The molecule has 0 aromatic heterocycles. The van der Waals surface area contributed by atoms with Crippen molar-refractivity contribution in [2.75, 3.05) is 33.9 Å². The van der Waals surface area contributed by atoms with Crippen LogP contribution >= 0.6 is 0 Å². The summed E-state index contributed by atoms with van der Waals surface area (Å²) in [5, 5.41) is 0. The standard InChI is InChI=1S/C22H28N2O4/c1-26-20-7-6-16(12-21(20)27-2)10-18-8-9-24(14-18)13-17-4-3-5-19(11-17)28-15-22(23)25/h3-7,11-12,18H,8-10,13-15H2,1-2H3,(H2,23,25). The summed E-state index contributed by atoms with van der Waals surface area (Å²) in [6.07, 6.45) is 2.20. The molecule has 6 nitrogen and oxygen atoms in total. The Balaban J connectivity index is 1.54. The molecule has 6 heteroatoms. The molecule has 1 aliphatic heterocycles. The highest BCUT2D eigenvalue weighted by Gasteiger charge is 2.23. The lowest BCUT2D eigenvalue weighted by molar-refractivity contribution is -0.119. The fourth-order valence-electron chi connectivity index (χ4n) is 3.71. The normalized spacial score (nSPS) is 16.7. The van der Waals surface area contributed by atoms with Gasteiger partial charge in [-0.15, -0.1) is 0 Å². The lowest BCUT2D eigenvalue weighted by Gasteiger charge is -2.17. The van der Waals surface area contributed by atoms with Gasteiger partial charge in [0.2, 0.25) is 0 Å². The number of hydrogen-bond donors (Lipinski definition) is 1. The van der Waals surface area contributed by atoms with Gasteiger partial charge in [0, 0.05) is 13.1 Å². The van der Waals surface area contributed by atoms with Gasteiger partial charge in [-0.3, -0.25) is 9.69 Å². The van der Waals surface area contributed by atoms with Crippen molar-refractivity contribution < 1.29 is 19.0 Å². The Morgan fingerprint density at radius 2 is 1.93 bits per heavy atom. The molecule has 0 radical (unpaired) electrons. The van der Waals surface area contributed by atoms with Crippen LogP contribution in [0.5, 0.6) is 17.2 Å². The molecule has 28 heavy (non-hydrogen) atoms. The number of hydrogen-bond acceptors (Lipinski definition) is 5. The van der Waals surface area contributed by atoms with Gasteiger partial charge in [0.15, 0.2) is 18.1 Å². The zero-order chi connectivity index (χ0) is 19.9. The van der Waals surface area contributed by atoms with Crippen molar-refractivity contribution in [3.8, 4) is 17.2 Å². The maximum atomic E-state index is 10.9. The van der Waals surface area contributed by atoms with Crippen LogP contribution in [-0.2, 0) is 17.8 Å². The first-order chi connectivity index (χ1) is 13.6. The molecule has 0 aliphatic carbocycles. The Kier molecular flexibility index (Phi) is 6.76. The highest BCUT2D eigenvalue weighted by molar-refractivity contribution is 5.75. The molecule has 2 aromatic carbocycles. The number of likely N-dealkylation sites (tertiary alicyclic amines) is 1. The van der Waals surface area contributed by atoms with E-state index in [1.165, 1.54) is 17.5 Å². The van der Waals surface area contributed by atoms with Gasteiger partial charge >= 0.3 is 0 Å². The molecule has 1 atom stereocenters. The lowest BCUT2D eigenvalue weighted by Crippen LogP contribution is -2.21. The highest BCUT2D eigenvalue weighted by Crippen LogP contribution is 2.30. The first kappa shape index (κ1) is 20.0. The summed E-state index contributed by atoms with van der Waals surface area (Å²) in [7, 11) is 3.32. The van der Waals surface area contributed by atoms with Gasteiger partial charge < -0.3 is 19.9 Å². The number of carbonyl (C=O) groups is 1. The SMILES string of the molecule is COc1ccc(CC2CCN(Cc3cccc(OCC(N)=O)c3)C2)cc1OC. The van der Waals surface area contributed by atoms with Crippen LogP contribution < -0.4 is 19.9 Å². The molecule has 1 aliphatic rings. The average molecular weight is 384 g/mol. The third-order valence-electron chi connectivity index (χ3n) is 5.03. The topological polar surface area (TPSA) is 74.0 Å². The van der Waals surface area contributed by atoms with Crippen LogP contribution in [0.4, 0.5) is 0 Å². The van der Waals surface area contributed by atoms with E-state index in [-0.39, 0.29) is 6.61 Å². The van der Waals surface area contributed by atoms with E-state index >= 15 is 0 Å². The zero-order valence-corrected chi connectivity index (χ0v) is 16.5. The number of nitrogens with zero attached hydrogens (tertiary/aromatic N) is 1. The second-order valence-electron chi connectivity index (χ2n) is 7.19. The fraction of sp³-hybridized carbons (Fsp3) is 0.409. The van der Waals surface area contributed by atoms with Gasteiger partial charge in [-0.2, -0.15) is 0 Å². The summed E-state index contributed by atoms with van der Waals surface area (Å²) in [5.74, 6) is 2.37. The minimum absolute atomic E-state index is 0.0967. The molecule has 1 unspecified atom stereocenters. The van der Waals surface area contributed by atoms with Gasteiger partial charge in [-0.25, -0.2) is 0 Å². The molecule has 150 valence electrons. The summed E-state index contributed by atoms with van der Waals surface area (Å²) in [4.78, 5) is 13.3. The summed E-state index contributed by atoms with van der Waals surface area (Å²) in [6.45, 7) is 2.90. The van der Waals surface area contributed by atoms with E-state index in [1.54, 1.807) is 14.2 Å². The molecule has 3 rings (SSSR count). The van der Waals surface area contributed by atoms with Crippen molar-refractivity contribution in [1.29, 1.82) is 0 Å². The van der Waals surface area contributed by atoms with Crippen molar-refractivity contribution in [3.05, 3.63) is 53.6 Å². The highest BCUT2D eigenvalue weighted by atomic mass is 16.5. The Morgan fingerprint density at radius 3 is 2.68 bits per heavy atom. The molecule has 1 amide bonds. The van der Waals surface area contributed by atoms with Gasteiger partial charge in [-0.05, 0) is 60.7 Å². The molecule has 1 heterocycles. The number of benzene rings is 2. The molecule has 2 N–H and O–H groups in total. The predicted octanol–water partition coefficient (Wildman–Crippen LogP) is 2.63. The summed E-state index contributed by atoms with van der Waals surface area (Å²) in [5.41, 5.74) is 7.58. The smallest absolute Gasteiger partial charge is 0.255 e. The van der Waals surface area contributed by atoms with Crippen LogP contribution in [0.25, 0.3) is 0 Å². The number of amides is 1. The third kappa shape index (κ3) is 5.39. The Morgan fingerprint density at radius 1 is 1.11 bits per heavy atom. The van der Waals surface area contributed by atoms with Gasteiger partial charge in [-0.1, -0.05) is 18.2 Å². The maximum Gasteiger partial charge on any atom is 0.255 e. The first-order valence-corrected chi connectivity index (χ1v) is 9.50. The largest absolute Gasteiger partial charge is 0.493 e. The number of methoxy groups -OCH3 is 2. The van der Waals surface area contributed by atoms with Crippen molar-refractivity contribution in [2.24, 2.45) is 11.7 Å². The summed E-state index contributed by atoms with van der Waals surface area (Å²) < 4.78 is 16.1. The van der Waals surface area contributed by atoms with Crippen LogP contribution in [0.3, 0.4) is 0 Å². The zero-order valence-electron chi connectivity index (χ0n) is 16.5. The van der Waals surface area contributed by atoms with Gasteiger partial charge in [0.1, 0.15) is 5.75 Å². The van der Waals surface area contributed by atoms with Crippen LogP contribution in [0.15, 0.2) is 42.5 Å². The van der Waals surface area contributed by atoms with E-state index in [0.29, 0.717) is 11.7 Å². The molecule has 2 aromatic rings.